The number of para-hydroxylation sites is 1. The number of ether oxygens (including phenoxy) is 2. The zero-order valence-corrected chi connectivity index (χ0v) is 14.1. The number of rotatable bonds is 3. The molecule has 130 valence electrons. The van der Waals surface area contributed by atoms with Crippen LogP contribution in [0.2, 0.25) is 0 Å². The summed E-state index contributed by atoms with van der Waals surface area (Å²) >= 11 is 0. The Hall–Kier alpha value is -3.09. The van der Waals surface area contributed by atoms with Gasteiger partial charge in [-0.25, -0.2) is 4.79 Å². The lowest BCUT2D eigenvalue weighted by Gasteiger charge is -2.35. The summed E-state index contributed by atoms with van der Waals surface area (Å²) in [5.41, 5.74) is 5.19. The summed E-state index contributed by atoms with van der Waals surface area (Å²) < 4.78 is 10.3. The molecular formula is C18H18N2O5. The van der Waals surface area contributed by atoms with Crippen LogP contribution in [0.3, 0.4) is 0 Å². The van der Waals surface area contributed by atoms with Gasteiger partial charge < -0.3 is 20.5 Å². The number of carbonyl (C=O) groups excluding carboxylic acids is 3. The van der Waals surface area contributed by atoms with Crippen LogP contribution in [0.25, 0.3) is 0 Å². The number of ketones is 1. The van der Waals surface area contributed by atoms with E-state index < -0.39 is 17.3 Å². The predicted molar refractivity (Wildman–Crippen MR) is 89.1 cm³/mol. The monoisotopic (exact) mass is 342 g/mol. The molecule has 1 aromatic carbocycles. The number of methoxy groups -OCH3 is 1. The minimum absolute atomic E-state index is 0.104. The molecule has 0 saturated carbocycles. The first-order valence-electron chi connectivity index (χ1n) is 7.81. The molecule has 7 heteroatoms. The van der Waals surface area contributed by atoms with Crippen molar-refractivity contribution in [3.63, 3.8) is 0 Å². The van der Waals surface area contributed by atoms with E-state index in [0.29, 0.717) is 11.3 Å². The van der Waals surface area contributed by atoms with Crippen LogP contribution in [-0.2, 0) is 29.3 Å². The van der Waals surface area contributed by atoms with Gasteiger partial charge in [0.15, 0.2) is 5.78 Å². The molecule has 0 aromatic heterocycles. The Labute approximate surface area is 144 Å². The number of hydrogen-bond donors (Lipinski definition) is 2. The lowest BCUT2D eigenvalue weighted by molar-refractivity contribution is -0.138. The molecule has 0 fully saturated rings. The van der Waals surface area contributed by atoms with Crippen molar-refractivity contribution in [2.75, 3.05) is 12.4 Å². The molecule has 1 unspecified atom stereocenters. The zero-order chi connectivity index (χ0) is 18.4. The number of hydrogen-bond acceptors (Lipinski definition) is 6. The summed E-state index contributed by atoms with van der Waals surface area (Å²) in [5, 5.41) is 2.74. The number of amides is 1. The molecule has 1 spiro atoms. The average Bonchev–Trinajstić information content (AvgIpc) is 2.87. The SMILES string of the molecule is CCC(=O)C1=C(C)OC(N)=C(C(=O)OC)C12C(=O)Nc1ccccc12. The Morgan fingerprint density at radius 2 is 1.96 bits per heavy atom. The van der Waals surface area contributed by atoms with E-state index in [-0.39, 0.29) is 35.0 Å². The molecule has 2 aliphatic rings. The van der Waals surface area contributed by atoms with Gasteiger partial charge in [-0.15, -0.1) is 0 Å². The maximum absolute atomic E-state index is 13.1. The highest BCUT2D eigenvalue weighted by atomic mass is 16.5. The zero-order valence-electron chi connectivity index (χ0n) is 14.1. The molecule has 0 radical (unpaired) electrons. The number of nitrogens with two attached hydrogens (primary N) is 1. The largest absolute Gasteiger partial charge is 0.465 e. The molecule has 7 nitrogen and oxygen atoms in total. The van der Waals surface area contributed by atoms with E-state index in [2.05, 4.69) is 5.32 Å². The molecular weight excluding hydrogens is 324 g/mol. The first-order valence-corrected chi connectivity index (χ1v) is 7.81. The highest BCUT2D eigenvalue weighted by molar-refractivity contribution is 6.22. The van der Waals surface area contributed by atoms with Gasteiger partial charge in [-0.1, -0.05) is 25.1 Å². The topological polar surface area (TPSA) is 108 Å². The van der Waals surface area contributed by atoms with E-state index in [0.717, 1.165) is 0 Å². The second kappa shape index (κ2) is 5.77. The van der Waals surface area contributed by atoms with E-state index in [1.807, 2.05) is 0 Å². The van der Waals surface area contributed by atoms with Crippen LogP contribution in [0, 0.1) is 0 Å². The van der Waals surface area contributed by atoms with Crippen LogP contribution in [-0.4, -0.2) is 24.8 Å². The third-order valence-electron chi connectivity index (χ3n) is 4.52. The standard InChI is InChI=1S/C18H18N2O5/c1-4-12(21)13-9(2)25-15(19)14(16(22)24-3)18(13)10-7-5-6-8-11(10)20-17(18)23/h5-8H,4,19H2,1-3H3,(H,20,23). The lowest BCUT2D eigenvalue weighted by Crippen LogP contribution is -2.48. The van der Waals surface area contributed by atoms with Gasteiger partial charge in [0.25, 0.3) is 0 Å². The fourth-order valence-electron chi connectivity index (χ4n) is 3.53. The number of benzene rings is 1. The summed E-state index contributed by atoms with van der Waals surface area (Å²) in [5.74, 6) is -1.71. The third-order valence-corrected chi connectivity index (χ3v) is 4.52. The van der Waals surface area contributed by atoms with Crippen molar-refractivity contribution < 1.29 is 23.9 Å². The maximum Gasteiger partial charge on any atom is 0.340 e. The van der Waals surface area contributed by atoms with Crippen LogP contribution in [0.4, 0.5) is 5.69 Å². The van der Waals surface area contributed by atoms with Gasteiger partial charge in [0, 0.05) is 17.7 Å². The molecule has 1 atom stereocenters. The highest BCUT2D eigenvalue weighted by Gasteiger charge is 2.60. The molecule has 1 amide bonds. The fraction of sp³-hybridized carbons (Fsp3) is 0.278. The molecule has 25 heavy (non-hydrogen) atoms. The second-order valence-electron chi connectivity index (χ2n) is 5.79. The summed E-state index contributed by atoms with van der Waals surface area (Å²) in [6.45, 7) is 3.23. The van der Waals surface area contributed by atoms with Crippen molar-refractivity contribution in [1.29, 1.82) is 0 Å². The van der Waals surface area contributed by atoms with Gasteiger partial charge in [-0.3, -0.25) is 9.59 Å². The van der Waals surface area contributed by atoms with E-state index in [9.17, 15) is 14.4 Å². The number of allylic oxidation sites excluding steroid dienone is 1. The Morgan fingerprint density at radius 1 is 1.28 bits per heavy atom. The van der Waals surface area contributed by atoms with Gasteiger partial charge >= 0.3 is 5.97 Å². The van der Waals surface area contributed by atoms with Crippen molar-refractivity contribution in [3.8, 4) is 0 Å². The summed E-state index contributed by atoms with van der Waals surface area (Å²) in [4.78, 5) is 38.3. The third kappa shape index (κ3) is 2.08. The fourth-order valence-corrected chi connectivity index (χ4v) is 3.53. The van der Waals surface area contributed by atoms with Crippen molar-refractivity contribution in [1.82, 2.24) is 0 Å². The van der Waals surface area contributed by atoms with Gasteiger partial charge in [0.05, 0.1) is 12.7 Å². The van der Waals surface area contributed by atoms with Crippen LogP contribution in [0.5, 0.6) is 0 Å². The normalized spacial score (nSPS) is 21.8. The molecule has 1 aromatic rings. The summed E-state index contributed by atoms with van der Waals surface area (Å²) in [6.07, 6.45) is 0.140. The predicted octanol–water partition coefficient (Wildman–Crippen LogP) is 1.50. The first-order chi connectivity index (χ1) is 11.9. The van der Waals surface area contributed by atoms with E-state index in [1.54, 1.807) is 38.1 Å². The van der Waals surface area contributed by atoms with Crippen molar-refractivity contribution in [3.05, 3.63) is 52.6 Å². The Bertz CT molecular complexity index is 828. The van der Waals surface area contributed by atoms with E-state index in [1.165, 1.54) is 7.11 Å². The van der Waals surface area contributed by atoms with Crippen LogP contribution in [0.1, 0.15) is 25.8 Å². The lowest BCUT2D eigenvalue weighted by atomic mass is 9.66. The van der Waals surface area contributed by atoms with Gasteiger partial charge in [-0.05, 0) is 13.0 Å². The van der Waals surface area contributed by atoms with Crippen molar-refractivity contribution >= 4 is 23.3 Å². The molecule has 0 bridgehead atoms. The number of nitrogens with one attached hydrogen (secondary N) is 1. The van der Waals surface area contributed by atoms with Crippen molar-refractivity contribution in [2.45, 2.75) is 25.7 Å². The first kappa shape index (κ1) is 16.8. The molecule has 0 aliphatic carbocycles. The van der Waals surface area contributed by atoms with Gasteiger partial charge in [0.2, 0.25) is 11.8 Å². The van der Waals surface area contributed by atoms with Gasteiger partial charge in [-0.2, -0.15) is 0 Å². The molecule has 0 saturated heterocycles. The smallest absolute Gasteiger partial charge is 0.340 e. The quantitative estimate of drug-likeness (QED) is 0.806. The average molecular weight is 342 g/mol. The molecule has 2 aliphatic heterocycles. The minimum Gasteiger partial charge on any atom is -0.465 e. The molecule has 2 heterocycles. The Balaban J connectivity index is 2.44. The van der Waals surface area contributed by atoms with Crippen LogP contribution < -0.4 is 11.1 Å². The van der Waals surface area contributed by atoms with Crippen molar-refractivity contribution in [2.24, 2.45) is 5.73 Å². The Morgan fingerprint density at radius 3 is 2.60 bits per heavy atom. The van der Waals surface area contributed by atoms with Gasteiger partial charge in [0.1, 0.15) is 16.7 Å². The van der Waals surface area contributed by atoms with Crippen LogP contribution in [0.15, 0.2) is 47.1 Å². The summed E-state index contributed by atoms with van der Waals surface area (Å²) in [7, 11) is 1.18. The number of anilines is 1. The number of esters is 1. The maximum atomic E-state index is 13.1. The highest BCUT2D eigenvalue weighted by Crippen LogP contribution is 2.52. The van der Waals surface area contributed by atoms with Crippen LogP contribution >= 0.6 is 0 Å². The molecule has 3 N–H and O–H groups in total. The number of fused-ring (bicyclic) bond motifs is 2. The van der Waals surface area contributed by atoms with E-state index >= 15 is 0 Å². The van der Waals surface area contributed by atoms with E-state index in [4.69, 9.17) is 15.2 Å². The number of Topliss-reactive ketones (excluding diaryl/α,β-unsaturated/α-hetero) is 1. The molecule has 3 rings (SSSR count). The summed E-state index contributed by atoms with van der Waals surface area (Å²) in [6, 6.07) is 6.86. The minimum atomic E-state index is -1.68. The number of carbonyl (C=O) groups is 3. The Kier molecular flexibility index (Phi) is 3.87. The second-order valence-corrected chi connectivity index (χ2v) is 5.79.